The molecule has 0 atom stereocenters. The van der Waals surface area contributed by atoms with Crippen LogP contribution < -0.4 is 4.74 Å². The maximum absolute atomic E-state index is 13.2. The van der Waals surface area contributed by atoms with Gasteiger partial charge in [-0.05, 0) is 30.3 Å². The third kappa shape index (κ3) is 3.35. The lowest BCUT2D eigenvalue weighted by Crippen LogP contribution is -2.24. The number of aromatic nitrogens is 2. The molecule has 2 aromatic carbocycles. The van der Waals surface area contributed by atoms with E-state index in [0.29, 0.717) is 12.1 Å². The van der Waals surface area contributed by atoms with Gasteiger partial charge in [0.25, 0.3) is 0 Å². The first kappa shape index (κ1) is 17.8. The minimum Gasteiger partial charge on any atom is -0.410 e. The number of para-hydroxylation sites is 1. The van der Waals surface area contributed by atoms with Crippen molar-refractivity contribution in [3.05, 3.63) is 59.9 Å². The fraction of sp³-hybridized carbons (Fsp3) is 0.125. The smallest absolute Gasteiger partial charge is 0.410 e. The summed E-state index contributed by atoms with van der Waals surface area (Å²) in [6, 6.07) is 9.02. The number of alkyl halides is 6. The van der Waals surface area contributed by atoms with E-state index in [1.807, 2.05) is 0 Å². The Labute approximate surface area is 141 Å². The van der Waals surface area contributed by atoms with Gasteiger partial charge in [-0.2, -0.15) is 26.3 Å². The lowest BCUT2D eigenvalue weighted by Gasteiger charge is -2.10. The van der Waals surface area contributed by atoms with Crippen LogP contribution in [0, 0.1) is 0 Å². The Kier molecular flexibility index (Phi) is 4.13. The Morgan fingerprint density at radius 2 is 1.58 bits per heavy atom. The second kappa shape index (κ2) is 6.04. The summed E-state index contributed by atoms with van der Waals surface area (Å²) < 4.78 is 82.8. The van der Waals surface area contributed by atoms with Crippen molar-refractivity contribution in [3.8, 4) is 5.75 Å². The quantitative estimate of drug-likeness (QED) is 0.556. The Morgan fingerprint density at radius 1 is 0.923 bits per heavy atom. The summed E-state index contributed by atoms with van der Waals surface area (Å²) in [5.41, 5.74) is -2.26. The molecule has 0 aliphatic rings. The fourth-order valence-electron chi connectivity index (χ4n) is 2.27. The Morgan fingerprint density at radius 3 is 2.15 bits per heavy atom. The van der Waals surface area contributed by atoms with E-state index in [2.05, 4.69) is 4.98 Å². The summed E-state index contributed by atoms with van der Waals surface area (Å²) in [4.78, 5) is 15.4. The summed E-state index contributed by atoms with van der Waals surface area (Å²) in [5.74, 6) is -1.70. The first-order valence-corrected chi connectivity index (χ1v) is 7.01. The van der Waals surface area contributed by atoms with Gasteiger partial charge in [0, 0.05) is 0 Å². The summed E-state index contributed by atoms with van der Waals surface area (Å²) in [7, 11) is 0. The zero-order chi connectivity index (χ0) is 19.1. The van der Waals surface area contributed by atoms with Crippen molar-refractivity contribution in [2.24, 2.45) is 0 Å². The number of carbonyl (C=O) groups excluding carboxylic acids is 1. The highest BCUT2D eigenvalue weighted by atomic mass is 19.4. The van der Waals surface area contributed by atoms with Crippen molar-refractivity contribution in [1.29, 1.82) is 0 Å². The third-order valence-corrected chi connectivity index (χ3v) is 3.37. The molecule has 1 heterocycles. The summed E-state index contributed by atoms with van der Waals surface area (Å²) in [6.45, 7) is 0. The number of carbonyl (C=O) groups is 1. The molecule has 1 aromatic heterocycles. The van der Waals surface area contributed by atoms with E-state index in [-0.39, 0.29) is 10.3 Å². The first-order chi connectivity index (χ1) is 12.1. The van der Waals surface area contributed by atoms with E-state index < -0.39 is 40.9 Å². The van der Waals surface area contributed by atoms with Gasteiger partial charge in [0.2, 0.25) is 5.82 Å². The van der Waals surface area contributed by atoms with Crippen LogP contribution in [0.15, 0.2) is 48.5 Å². The van der Waals surface area contributed by atoms with Crippen LogP contribution in [0.25, 0.3) is 11.0 Å². The summed E-state index contributed by atoms with van der Waals surface area (Å²) >= 11 is 0. The number of fused-ring (bicyclic) bond motifs is 1. The van der Waals surface area contributed by atoms with Gasteiger partial charge in [-0.1, -0.05) is 18.2 Å². The highest BCUT2D eigenvalue weighted by Gasteiger charge is 2.40. The topological polar surface area (TPSA) is 44.1 Å². The van der Waals surface area contributed by atoms with E-state index in [4.69, 9.17) is 4.74 Å². The summed E-state index contributed by atoms with van der Waals surface area (Å²) in [6.07, 6.45) is -11.3. The van der Waals surface area contributed by atoms with Crippen LogP contribution in [0.3, 0.4) is 0 Å². The minimum atomic E-state index is -5.08. The molecule has 0 aliphatic heterocycles. The van der Waals surface area contributed by atoms with E-state index in [1.165, 1.54) is 24.3 Å². The zero-order valence-electron chi connectivity index (χ0n) is 12.6. The van der Waals surface area contributed by atoms with Crippen LogP contribution in [0.2, 0.25) is 0 Å². The van der Waals surface area contributed by atoms with Crippen molar-refractivity contribution in [3.63, 3.8) is 0 Å². The van der Waals surface area contributed by atoms with E-state index >= 15 is 0 Å². The molecule has 0 radical (unpaired) electrons. The lowest BCUT2D eigenvalue weighted by atomic mass is 10.2. The van der Waals surface area contributed by atoms with Crippen LogP contribution in [-0.4, -0.2) is 15.6 Å². The Hall–Kier alpha value is -3.04. The molecule has 3 rings (SSSR count). The van der Waals surface area contributed by atoms with Gasteiger partial charge in [0.05, 0.1) is 16.6 Å². The summed E-state index contributed by atoms with van der Waals surface area (Å²) in [5, 5.41) is 0. The van der Waals surface area contributed by atoms with E-state index in [0.717, 1.165) is 6.07 Å². The van der Waals surface area contributed by atoms with Crippen LogP contribution in [-0.2, 0) is 12.4 Å². The largest absolute Gasteiger partial charge is 0.450 e. The van der Waals surface area contributed by atoms with Gasteiger partial charge in [-0.3, -0.25) is 0 Å². The second-order valence-electron chi connectivity index (χ2n) is 5.15. The number of ether oxygens (including phenoxy) is 1. The molecule has 0 unspecified atom stereocenters. The second-order valence-corrected chi connectivity index (χ2v) is 5.15. The molecule has 4 nitrogen and oxygen atoms in total. The number of halogens is 6. The maximum atomic E-state index is 13.2. The number of nitrogens with zero attached hydrogens (tertiary/aromatic N) is 2. The first-order valence-electron chi connectivity index (χ1n) is 7.01. The maximum Gasteiger partial charge on any atom is 0.450 e. The van der Waals surface area contributed by atoms with E-state index in [1.54, 1.807) is 6.07 Å². The van der Waals surface area contributed by atoms with Crippen LogP contribution in [0.4, 0.5) is 31.1 Å². The van der Waals surface area contributed by atoms with Crippen molar-refractivity contribution in [1.82, 2.24) is 9.55 Å². The van der Waals surface area contributed by atoms with Crippen molar-refractivity contribution < 1.29 is 35.9 Å². The number of benzene rings is 2. The van der Waals surface area contributed by atoms with Crippen LogP contribution in [0.1, 0.15) is 11.4 Å². The number of hydrogen-bond acceptors (Lipinski definition) is 3. The molecule has 0 bridgehead atoms. The molecule has 3 aromatic rings. The molecule has 0 saturated carbocycles. The van der Waals surface area contributed by atoms with Gasteiger partial charge in [-0.25, -0.2) is 14.3 Å². The van der Waals surface area contributed by atoms with Gasteiger partial charge in [0.1, 0.15) is 5.75 Å². The van der Waals surface area contributed by atoms with Crippen molar-refractivity contribution >= 4 is 17.1 Å². The van der Waals surface area contributed by atoms with E-state index in [9.17, 15) is 31.1 Å². The average Bonchev–Trinajstić information content (AvgIpc) is 2.94. The Bertz CT molecular complexity index is 961. The standard InChI is InChI=1S/C16H8F6N2O2/c17-15(18,19)9-6-7-12-11(8-9)23-13(16(20,21)22)24(12)14(25)26-10-4-2-1-3-5-10/h1-8H. The Balaban J connectivity index is 2.14. The highest BCUT2D eigenvalue weighted by molar-refractivity contribution is 5.89. The van der Waals surface area contributed by atoms with Crippen molar-refractivity contribution in [2.45, 2.75) is 12.4 Å². The molecule has 0 spiro atoms. The minimum absolute atomic E-state index is 0.0283. The lowest BCUT2D eigenvalue weighted by molar-refractivity contribution is -0.146. The number of rotatable bonds is 1. The number of hydrogen-bond donors (Lipinski definition) is 0. The fourth-order valence-corrected chi connectivity index (χ4v) is 2.27. The van der Waals surface area contributed by atoms with Gasteiger partial charge < -0.3 is 4.74 Å². The SMILES string of the molecule is O=C(Oc1ccccc1)n1c(C(F)(F)F)nc2cc(C(F)(F)F)ccc21. The monoisotopic (exact) mass is 374 g/mol. The molecule has 0 N–H and O–H groups in total. The van der Waals surface area contributed by atoms with Gasteiger partial charge in [0.15, 0.2) is 0 Å². The predicted octanol–water partition coefficient (Wildman–Crippen LogP) is 5.12. The van der Waals surface area contributed by atoms with Crippen LogP contribution in [0.5, 0.6) is 5.75 Å². The molecular weight excluding hydrogens is 366 g/mol. The molecule has 26 heavy (non-hydrogen) atoms. The molecule has 136 valence electrons. The van der Waals surface area contributed by atoms with Crippen LogP contribution >= 0.6 is 0 Å². The van der Waals surface area contributed by atoms with Crippen molar-refractivity contribution in [2.75, 3.05) is 0 Å². The molecule has 0 aliphatic carbocycles. The molecule has 0 saturated heterocycles. The molecule has 10 heteroatoms. The molecular formula is C16H8F6N2O2. The average molecular weight is 374 g/mol. The van der Waals surface area contributed by atoms with Gasteiger partial charge in [-0.15, -0.1) is 0 Å². The zero-order valence-corrected chi connectivity index (χ0v) is 12.6. The normalized spacial score (nSPS) is 12.4. The molecule has 0 amide bonds. The predicted molar refractivity (Wildman–Crippen MR) is 77.6 cm³/mol. The number of imidazole rings is 1. The third-order valence-electron chi connectivity index (χ3n) is 3.37. The van der Waals surface area contributed by atoms with Gasteiger partial charge >= 0.3 is 18.4 Å². The molecule has 0 fully saturated rings. The highest BCUT2D eigenvalue weighted by Crippen LogP contribution is 2.35.